The number of hydrogen-bond donors (Lipinski definition) is 2. The van der Waals surface area contributed by atoms with Gasteiger partial charge in [-0.2, -0.15) is 0 Å². The van der Waals surface area contributed by atoms with Gasteiger partial charge in [-0.1, -0.05) is 12.1 Å². The number of benzene rings is 2. The standard InChI is InChI=1S/C21H26F2N4O/c1-15-13-26(14-16-2-4-17(22)5-3-16)10-11-27(15)9-8-21(28)25-20-12-18(24)6-7-19(20)23/h2-7,12,15H,8-11,13-14,24H2,1H3,(H,25,28). The van der Waals surface area contributed by atoms with Crippen LogP contribution in [0.2, 0.25) is 0 Å². The third kappa shape index (κ3) is 5.50. The van der Waals surface area contributed by atoms with Crippen LogP contribution in [0.4, 0.5) is 20.2 Å². The van der Waals surface area contributed by atoms with E-state index in [4.69, 9.17) is 5.73 Å². The Morgan fingerprint density at radius 1 is 1.18 bits per heavy atom. The number of amides is 1. The molecule has 0 aliphatic carbocycles. The van der Waals surface area contributed by atoms with Gasteiger partial charge in [-0.05, 0) is 42.8 Å². The fourth-order valence-electron chi connectivity index (χ4n) is 3.49. The number of carbonyl (C=O) groups is 1. The molecule has 5 nitrogen and oxygen atoms in total. The largest absolute Gasteiger partial charge is 0.399 e. The van der Waals surface area contributed by atoms with Crippen LogP contribution in [0.5, 0.6) is 0 Å². The normalized spacial score (nSPS) is 18.2. The van der Waals surface area contributed by atoms with E-state index in [2.05, 4.69) is 22.0 Å². The number of nitrogens with one attached hydrogen (secondary N) is 1. The van der Waals surface area contributed by atoms with E-state index in [-0.39, 0.29) is 23.8 Å². The fraction of sp³-hybridized carbons (Fsp3) is 0.381. The molecule has 2 aromatic carbocycles. The summed E-state index contributed by atoms with van der Waals surface area (Å²) in [5.41, 5.74) is 7.25. The van der Waals surface area contributed by atoms with Gasteiger partial charge in [-0.15, -0.1) is 0 Å². The van der Waals surface area contributed by atoms with Crippen molar-refractivity contribution in [3.05, 3.63) is 59.7 Å². The highest BCUT2D eigenvalue weighted by molar-refractivity contribution is 5.91. The van der Waals surface area contributed by atoms with Crippen molar-refractivity contribution >= 4 is 17.3 Å². The minimum absolute atomic E-state index is 0.113. The number of hydrogen-bond acceptors (Lipinski definition) is 4. The number of nitrogen functional groups attached to an aromatic ring is 1. The van der Waals surface area contributed by atoms with Gasteiger partial charge in [0.05, 0.1) is 5.69 Å². The van der Waals surface area contributed by atoms with Gasteiger partial charge in [0.25, 0.3) is 0 Å². The molecule has 1 fully saturated rings. The van der Waals surface area contributed by atoms with E-state index in [9.17, 15) is 13.6 Å². The van der Waals surface area contributed by atoms with Gasteiger partial charge in [0.15, 0.2) is 0 Å². The zero-order valence-electron chi connectivity index (χ0n) is 16.0. The maximum atomic E-state index is 13.7. The summed E-state index contributed by atoms with van der Waals surface area (Å²) in [5, 5.41) is 2.59. The first-order valence-corrected chi connectivity index (χ1v) is 9.46. The summed E-state index contributed by atoms with van der Waals surface area (Å²) in [4.78, 5) is 16.8. The molecule has 1 amide bonds. The van der Waals surface area contributed by atoms with Crippen molar-refractivity contribution in [2.24, 2.45) is 0 Å². The lowest BCUT2D eigenvalue weighted by Gasteiger charge is -2.39. The monoisotopic (exact) mass is 388 g/mol. The minimum Gasteiger partial charge on any atom is -0.399 e. The lowest BCUT2D eigenvalue weighted by Crippen LogP contribution is -2.51. The zero-order valence-corrected chi connectivity index (χ0v) is 16.0. The molecule has 1 atom stereocenters. The zero-order chi connectivity index (χ0) is 20.1. The third-order valence-corrected chi connectivity index (χ3v) is 5.06. The Labute approximate surface area is 164 Å². The molecular formula is C21H26F2N4O. The predicted molar refractivity (Wildman–Crippen MR) is 107 cm³/mol. The Hall–Kier alpha value is -2.51. The maximum absolute atomic E-state index is 13.7. The molecule has 0 radical (unpaired) electrons. The van der Waals surface area contributed by atoms with Crippen molar-refractivity contribution in [2.45, 2.75) is 25.9 Å². The number of anilines is 2. The topological polar surface area (TPSA) is 61.6 Å². The fourth-order valence-corrected chi connectivity index (χ4v) is 3.49. The molecule has 1 heterocycles. The molecule has 1 aliphatic rings. The van der Waals surface area contributed by atoms with E-state index >= 15 is 0 Å². The second-order valence-electron chi connectivity index (χ2n) is 7.28. The quantitative estimate of drug-likeness (QED) is 0.747. The van der Waals surface area contributed by atoms with Gasteiger partial charge in [-0.25, -0.2) is 8.78 Å². The van der Waals surface area contributed by atoms with Gasteiger partial charge in [0, 0.05) is 50.9 Å². The summed E-state index contributed by atoms with van der Waals surface area (Å²) >= 11 is 0. The van der Waals surface area contributed by atoms with Gasteiger partial charge in [0.2, 0.25) is 5.91 Å². The van der Waals surface area contributed by atoms with Crippen molar-refractivity contribution in [3.63, 3.8) is 0 Å². The van der Waals surface area contributed by atoms with E-state index in [1.807, 2.05) is 12.1 Å². The SMILES string of the molecule is CC1CN(Cc2ccc(F)cc2)CCN1CCC(=O)Nc1cc(N)ccc1F. The molecule has 28 heavy (non-hydrogen) atoms. The average Bonchev–Trinajstić information content (AvgIpc) is 2.66. The molecule has 3 N–H and O–H groups in total. The van der Waals surface area contributed by atoms with Gasteiger partial charge < -0.3 is 11.1 Å². The third-order valence-electron chi connectivity index (χ3n) is 5.06. The summed E-state index contributed by atoms with van der Waals surface area (Å²) in [6, 6.07) is 11.0. The number of nitrogens with two attached hydrogens (primary N) is 1. The molecule has 0 spiro atoms. The van der Waals surface area contributed by atoms with Crippen LogP contribution >= 0.6 is 0 Å². The van der Waals surface area contributed by atoms with E-state index in [1.54, 1.807) is 0 Å². The number of rotatable bonds is 6. The first-order valence-electron chi connectivity index (χ1n) is 9.46. The summed E-state index contributed by atoms with van der Waals surface area (Å²) < 4.78 is 26.8. The van der Waals surface area contributed by atoms with Crippen LogP contribution in [0.1, 0.15) is 18.9 Å². The van der Waals surface area contributed by atoms with Crippen molar-refractivity contribution in [1.82, 2.24) is 9.80 Å². The van der Waals surface area contributed by atoms with E-state index in [1.165, 1.54) is 30.3 Å². The van der Waals surface area contributed by atoms with Crippen LogP contribution in [0.3, 0.4) is 0 Å². The molecular weight excluding hydrogens is 362 g/mol. The van der Waals surface area contributed by atoms with E-state index in [0.29, 0.717) is 18.3 Å². The second-order valence-corrected chi connectivity index (χ2v) is 7.28. The van der Waals surface area contributed by atoms with Crippen LogP contribution in [0.25, 0.3) is 0 Å². The molecule has 1 unspecified atom stereocenters. The molecule has 0 saturated carbocycles. The maximum Gasteiger partial charge on any atom is 0.225 e. The highest BCUT2D eigenvalue weighted by Gasteiger charge is 2.24. The lowest BCUT2D eigenvalue weighted by atomic mass is 10.1. The molecule has 1 saturated heterocycles. The molecule has 0 aromatic heterocycles. The van der Waals surface area contributed by atoms with Crippen molar-refractivity contribution < 1.29 is 13.6 Å². The number of nitrogens with zero attached hydrogens (tertiary/aromatic N) is 2. The van der Waals surface area contributed by atoms with E-state index < -0.39 is 5.82 Å². The highest BCUT2D eigenvalue weighted by Crippen LogP contribution is 2.18. The summed E-state index contributed by atoms with van der Waals surface area (Å²) in [7, 11) is 0. The molecule has 0 bridgehead atoms. The van der Waals surface area contributed by atoms with Gasteiger partial charge >= 0.3 is 0 Å². The van der Waals surface area contributed by atoms with Crippen molar-refractivity contribution in [2.75, 3.05) is 37.2 Å². The first kappa shape index (κ1) is 20.2. The molecule has 3 rings (SSSR count). The summed E-state index contributed by atoms with van der Waals surface area (Å²) in [6.45, 7) is 6.14. The second kappa shape index (κ2) is 9.12. The highest BCUT2D eigenvalue weighted by atomic mass is 19.1. The molecule has 1 aliphatic heterocycles. The lowest BCUT2D eigenvalue weighted by molar-refractivity contribution is -0.116. The Bertz CT molecular complexity index is 813. The van der Waals surface area contributed by atoms with Crippen LogP contribution in [-0.2, 0) is 11.3 Å². The van der Waals surface area contributed by atoms with Gasteiger partial charge in [-0.3, -0.25) is 14.6 Å². The van der Waals surface area contributed by atoms with Crippen LogP contribution < -0.4 is 11.1 Å². The van der Waals surface area contributed by atoms with Crippen LogP contribution in [0, 0.1) is 11.6 Å². The Morgan fingerprint density at radius 2 is 1.93 bits per heavy atom. The van der Waals surface area contributed by atoms with Crippen molar-refractivity contribution in [3.8, 4) is 0 Å². The van der Waals surface area contributed by atoms with Gasteiger partial charge in [0.1, 0.15) is 11.6 Å². The Morgan fingerprint density at radius 3 is 2.64 bits per heavy atom. The number of piperazine rings is 1. The molecule has 150 valence electrons. The smallest absolute Gasteiger partial charge is 0.225 e. The van der Waals surface area contributed by atoms with Crippen molar-refractivity contribution in [1.29, 1.82) is 0 Å². The minimum atomic E-state index is -0.495. The Balaban J connectivity index is 1.45. The van der Waals surface area contributed by atoms with E-state index in [0.717, 1.165) is 31.7 Å². The molecule has 2 aromatic rings. The summed E-state index contributed by atoms with van der Waals surface area (Å²) in [5.74, 6) is -0.950. The molecule has 7 heteroatoms. The Kier molecular flexibility index (Phi) is 6.59. The average molecular weight is 388 g/mol. The number of halogens is 2. The van der Waals surface area contributed by atoms with Crippen LogP contribution in [-0.4, -0.2) is 47.9 Å². The number of carbonyl (C=O) groups excluding carboxylic acids is 1. The first-order chi connectivity index (χ1) is 13.4. The van der Waals surface area contributed by atoms with Crippen LogP contribution in [0.15, 0.2) is 42.5 Å². The summed E-state index contributed by atoms with van der Waals surface area (Å²) in [6.07, 6.45) is 0.288. The predicted octanol–water partition coefficient (Wildman–Crippen LogP) is 3.08.